The molecule has 0 radical (unpaired) electrons. The number of nitrogens with two attached hydrogens (primary N) is 1. The highest BCUT2D eigenvalue weighted by molar-refractivity contribution is 6.31. The molecule has 2 rings (SSSR count). The van der Waals surface area contributed by atoms with Crippen LogP contribution in [0.3, 0.4) is 0 Å². The van der Waals surface area contributed by atoms with E-state index in [0.717, 1.165) is 24.2 Å². The molecule has 0 amide bonds. The molecule has 1 atom stereocenters. The fraction of sp³-hybridized carbons (Fsp3) is 0.538. The van der Waals surface area contributed by atoms with Crippen molar-refractivity contribution in [3.05, 3.63) is 22.7 Å². The van der Waals surface area contributed by atoms with Gasteiger partial charge in [-0.1, -0.05) is 25.4 Å². The molecule has 3 nitrogen and oxygen atoms in total. The van der Waals surface area contributed by atoms with E-state index in [9.17, 15) is 0 Å². The lowest BCUT2D eigenvalue weighted by Crippen LogP contribution is -2.11. The fourth-order valence-electron chi connectivity index (χ4n) is 1.89. The van der Waals surface area contributed by atoms with Gasteiger partial charge in [0.2, 0.25) is 6.79 Å². The Labute approximate surface area is 107 Å². The monoisotopic (exact) mass is 255 g/mol. The third-order valence-corrected chi connectivity index (χ3v) is 3.27. The quantitative estimate of drug-likeness (QED) is 0.896. The number of halogens is 1. The minimum Gasteiger partial charge on any atom is -0.454 e. The van der Waals surface area contributed by atoms with E-state index in [0.29, 0.717) is 16.7 Å². The van der Waals surface area contributed by atoms with E-state index < -0.39 is 0 Å². The number of hydrogen-bond acceptors (Lipinski definition) is 3. The average Bonchev–Trinajstić information content (AvgIpc) is 2.71. The number of hydrogen-bond donors (Lipinski definition) is 1. The predicted octanol–water partition coefficient (Wildman–Crippen LogP) is 3.50. The molecule has 1 aromatic carbocycles. The second kappa shape index (κ2) is 5.15. The molecule has 2 N–H and O–H groups in total. The zero-order valence-corrected chi connectivity index (χ0v) is 11.0. The van der Waals surface area contributed by atoms with Crippen LogP contribution in [0.2, 0.25) is 5.02 Å². The maximum atomic E-state index is 6.20. The van der Waals surface area contributed by atoms with Crippen molar-refractivity contribution in [1.82, 2.24) is 0 Å². The summed E-state index contributed by atoms with van der Waals surface area (Å²) in [6.45, 7) is 4.64. The molecular formula is C13H18ClNO2. The van der Waals surface area contributed by atoms with Gasteiger partial charge in [-0.2, -0.15) is 0 Å². The lowest BCUT2D eigenvalue weighted by molar-refractivity contribution is 0.174. The van der Waals surface area contributed by atoms with Gasteiger partial charge in [0.25, 0.3) is 0 Å². The highest BCUT2D eigenvalue weighted by atomic mass is 35.5. The number of benzene rings is 1. The summed E-state index contributed by atoms with van der Waals surface area (Å²) >= 11 is 6.20. The number of fused-ring (bicyclic) bond motifs is 1. The average molecular weight is 256 g/mol. The van der Waals surface area contributed by atoms with Crippen LogP contribution in [-0.4, -0.2) is 6.79 Å². The second-order valence-electron chi connectivity index (χ2n) is 4.80. The minimum absolute atomic E-state index is 0.0422. The third-order valence-electron chi connectivity index (χ3n) is 2.95. The first-order chi connectivity index (χ1) is 8.08. The Morgan fingerprint density at radius 3 is 2.53 bits per heavy atom. The van der Waals surface area contributed by atoms with Crippen molar-refractivity contribution in [3.8, 4) is 11.5 Å². The Bertz CT molecular complexity index is 407. The zero-order valence-electron chi connectivity index (χ0n) is 10.2. The molecule has 0 saturated heterocycles. The van der Waals surface area contributed by atoms with Gasteiger partial charge in [-0.15, -0.1) is 0 Å². The van der Waals surface area contributed by atoms with Crippen LogP contribution >= 0.6 is 11.6 Å². The molecule has 94 valence electrons. The molecule has 4 heteroatoms. The van der Waals surface area contributed by atoms with Crippen LogP contribution in [0.1, 0.15) is 38.3 Å². The van der Waals surface area contributed by atoms with E-state index in [2.05, 4.69) is 13.8 Å². The van der Waals surface area contributed by atoms with E-state index in [1.54, 1.807) is 6.07 Å². The van der Waals surface area contributed by atoms with E-state index in [1.807, 2.05) is 6.07 Å². The highest BCUT2D eigenvalue weighted by Gasteiger charge is 2.19. The van der Waals surface area contributed by atoms with Gasteiger partial charge in [0.15, 0.2) is 11.5 Å². The summed E-state index contributed by atoms with van der Waals surface area (Å²) in [5.74, 6) is 2.09. The Kier molecular flexibility index (Phi) is 3.79. The maximum absolute atomic E-state index is 6.20. The van der Waals surface area contributed by atoms with E-state index in [-0.39, 0.29) is 12.8 Å². The van der Waals surface area contributed by atoms with Gasteiger partial charge in [0.1, 0.15) is 0 Å². The van der Waals surface area contributed by atoms with E-state index in [1.165, 1.54) is 0 Å². The second-order valence-corrected chi connectivity index (χ2v) is 5.21. The lowest BCUT2D eigenvalue weighted by atomic mass is 9.98. The Morgan fingerprint density at radius 1 is 1.24 bits per heavy atom. The molecule has 0 aliphatic carbocycles. The lowest BCUT2D eigenvalue weighted by Gasteiger charge is -2.15. The Morgan fingerprint density at radius 2 is 1.88 bits per heavy atom. The Balaban J connectivity index is 2.15. The molecule has 17 heavy (non-hydrogen) atoms. The summed E-state index contributed by atoms with van der Waals surface area (Å²) in [4.78, 5) is 0. The van der Waals surface area contributed by atoms with Gasteiger partial charge in [-0.3, -0.25) is 0 Å². The first kappa shape index (κ1) is 12.5. The molecular weight excluding hydrogens is 238 g/mol. The molecule has 0 saturated carbocycles. The van der Waals surface area contributed by atoms with Gasteiger partial charge in [-0.25, -0.2) is 0 Å². The van der Waals surface area contributed by atoms with E-state index >= 15 is 0 Å². The molecule has 1 aromatic rings. The van der Waals surface area contributed by atoms with Crippen LogP contribution in [0.25, 0.3) is 0 Å². The van der Waals surface area contributed by atoms with Crippen LogP contribution in [0.5, 0.6) is 11.5 Å². The number of rotatable bonds is 4. The molecule has 1 heterocycles. The number of ether oxygens (including phenoxy) is 2. The summed E-state index contributed by atoms with van der Waals surface area (Å²) < 4.78 is 10.6. The molecule has 0 unspecified atom stereocenters. The third kappa shape index (κ3) is 2.85. The van der Waals surface area contributed by atoms with Gasteiger partial charge in [-0.05, 0) is 30.4 Å². The van der Waals surface area contributed by atoms with Crippen molar-refractivity contribution in [3.63, 3.8) is 0 Å². The van der Waals surface area contributed by atoms with E-state index in [4.69, 9.17) is 26.8 Å². The smallest absolute Gasteiger partial charge is 0.231 e. The first-order valence-corrected chi connectivity index (χ1v) is 6.30. The largest absolute Gasteiger partial charge is 0.454 e. The molecule has 1 aliphatic rings. The molecule has 0 spiro atoms. The van der Waals surface area contributed by atoms with Crippen molar-refractivity contribution in [1.29, 1.82) is 0 Å². The van der Waals surface area contributed by atoms with Crippen molar-refractivity contribution in [2.75, 3.05) is 6.79 Å². The van der Waals surface area contributed by atoms with Crippen LogP contribution in [0, 0.1) is 5.92 Å². The first-order valence-electron chi connectivity index (χ1n) is 5.92. The molecule has 1 aliphatic heterocycles. The summed E-state index contributed by atoms with van der Waals surface area (Å²) in [5.41, 5.74) is 7.10. The predicted molar refractivity (Wildman–Crippen MR) is 68.6 cm³/mol. The zero-order chi connectivity index (χ0) is 12.4. The SMILES string of the molecule is CC(C)CC[C@@H](N)c1cc2c(cc1Cl)OCO2. The van der Waals surface area contributed by atoms with Crippen LogP contribution in [0.4, 0.5) is 0 Å². The summed E-state index contributed by atoms with van der Waals surface area (Å²) in [7, 11) is 0. The van der Waals surface area contributed by atoms with Crippen LogP contribution in [-0.2, 0) is 0 Å². The normalized spacial score (nSPS) is 15.4. The molecule has 0 fully saturated rings. The highest BCUT2D eigenvalue weighted by Crippen LogP contribution is 2.39. The van der Waals surface area contributed by atoms with Crippen molar-refractivity contribution < 1.29 is 9.47 Å². The molecule has 0 bridgehead atoms. The molecule has 0 aromatic heterocycles. The maximum Gasteiger partial charge on any atom is 0.231 e. The van der Waals surface area contributed by atoms with Gasteiger partial charge in [0.05, 0.1) is 0 Å². The van der Waals surface area contributed by atoms with Crippen molar-refractivity contribution in [2.45, 2.75) is 32.7 Å². The summed E-state index contributed by atoms with van der Waals surface area (Å²) in [5, 5.41) is 0.658. The van der Waals surface area contributed by atoms with Crippen LogP contribution in [0.15, 0.2) is 12.1 Å². The summed E-state index contributed by atoms with van der Waals surface area (Å²) in [6, 6.07) is 3.64. The standard InChI is InChI=1S/C13H18ClNO2/c1-8(2)3-4-11(15)9-5-12-13(6-10(9)14)17-7-16-12/h5-6,8,11H,3-4,7,15H2,1-2H3/t11-/m1/s1. The summed E-state index contributed by atoms with van der Waals surface area (Å²) in [6.07, 6.45) is 2.02. The minimum atomic E-state index is -0.0422. The van der Waals surface area contributed by atoms with Crippen molar-refractivity contribution >= 4 is 11.6 Å². The topological polar surface area (TPSA) is 44.5 Å². The van der Waals surface area contributed by atoms with Crippen molar-refractivity contribution in [2.24, 2.45) is 11.7 Å². The van der Waals surface area contributed by atoms with Crippen LogP contribution < -0.4 is 15.2 Å². The van der Waals surface area contributed by atoms with Gasteiger partial charge < -0.3 is 15.2 Å². The van der Waals surface area contributed by atoms with Gasteiger partial charge >= 0.3 is 0 Å². The fourth-order valence-corrected chi connectivity index (χ4v) is 2.18. The Hall–Kier alpha value is -0.930. The van der Waals surface area contributed by atoms with Gasteiger partial charge in [0, 0.05) is 17.1 Å².